The molecule has 0 fully saturated rings. The van der Waals surface area contributed by atoms with Gasteiger partial charge in [-0.2, -0.15) is 0 Å². The second-order valence-electron chi connectivity index (χ2n) is 4.73. The number of sulfonamides is 1. The quantitative estimate of drug-likeness (QED) is 0.499. The molecule has 0 aliphatic heterocycles. The second-order valence-corrected chi connectivity index (χ2v) is 7.72. The Balaban J connectivity index is 1.87. The van der Waals surface area contributed by atoms with Gasteiger partial charge in [0, 0.05) is 16.0 Å². The number of nitrogens with one attached hydrogen (secondary N) is 2. The first-order valence-electron chi connectivity index (χ1n) is 6.55. The van der Waals surface area contributed by atoms with Gasteiger partial charge in [0.15, 0.2) is 0 Å². The standard InChI is InChI=1S/C15H12N2O4S2/c18-15(16-19)10-5-7-12(8-6-10)17-23(20,21)14-9-11-3-1-2-4-13(11)22-14/h1-9,17,19H,(H,16,18). The minimum Gasteiger partial charge on any atom is -0.288 e. The van der Waals surface area contributed by atoms with Crippen molar-refractivity contribution in [2.24, 2.45) is 0 Å². The van der Waals surface area contributed by atoms with E-state index < -0.39 is 15.9 Å². The van der Waals surface area contributed by atoms with Crippen LogP contribution in [0.4, 0.5) is 5.69 Å². The molecule has 0 atom stereocenters. The highest BCUT2D eigenvalue weighted by atomic mass is 32.2. The fourth-order valence-electron chi connectivity index (χ4n) is 2.05. The second kappa shape index (κ2) is 5.99. The first-order valence-corrected chi connectivity index (χ1v) is 8.85. The molecule has 0 aliphatic rings. The molecule has 0 spiro atoms. The number of rotatable bonds is 4. The van der Waals surface area contributed by atoms with Crippen LogP contribution in [0.25, 0.3) is 10.1 Å². The summed E-state index contributed by atoms with van der Waals surface area (Å²) in [5.41, 5.74) is 2.06. The predicted octanol–water partition coefficient (Wildman–Crippen LogP) is 2.82. The predicted molar refractivity (Wildman–Crippen MR) is 88.3 cm³/mol. The SMILES string of the molecule is O=C(NO)c1ccc(NS(=O)(=O)c2cc3ccccc3s2)cc1. The van der Waals surface area contributed by atoms with E-state index in [0.717, 1.165) is 10.1 Å². The molecule has 0 saturated heterocycles. The van der Waals surface area contributed by atoms with Crippen LogP contribution >= 0.6 is 11.3 Å². The number of hydrogen-bond acceptors (Lipinski definition) is 5. The Labute approximate surface area is 136 Å². The van der Waals surface area contributed by atoms with E-state index in [1.807, 2.05) is 24.3 Å². The van der Waals surface area contributed by atoms with Crippen molar-refractivity contribution in [1.29, 1.82) is 0 Å². The van der Waals surface area contributed by atoms with E-state index in [2.05, 4.69) is 4.72 Å². The zero-order valence-corrected chi connectivity index (χ0v) is 13.3. The first kappa shape index (κ1) is 15.5. The summed E-state index contributed by atoms with van der Waals surface area (Å²) in [7, 11) is -3.70. The lowest BCUT2D eigenvalue weighted by Gasteiger charge is -2.06. The van der Waals surface area contributed by atoms with Gasteiger partial charge in [-0.1, -0.05) is 18.2 Å². The van der Waals surface area contributed by atoms with Gasteiger partial charge in [-0.05, 0) is 41.8 Å². The molecule has 8 heteroatoms. The number of anilines is 1. The fraction of sp³-hybridized carbons (Fsp3) is 0. The van der Waals surface area contributed by atoms with Crippen LogP contribution in [0.5, 0.6) is 0 Å². The Kier molecular flexibility index (Phi) is 4.03. The molecule has 3 N–H and O–H groups in total. The molecule has 2 aromatic carbocycles. The minimum absolute atomic E-state index is 0.218. The monoisotopic (exact) mass is 348 g/mol. The molecule has 118 valence electrons. The van der Waals surface area contributed by atoms with E-state index in [1.54, 1.807) is 6.07 Å². The fourth-order valence-corrected chi connectivity index (χ4v) is 4.51. The number of hydrogen-bond donors (Lipinski definition) is 3. The van der Waals surface area contributed by atoms with Gasteiger partial charge in [0.1, 0.15) is 4.21 Å². The third kappa shape index (κ3) is 3.19. The van der Waals surface area contributed by atoms with E-state index in [-0.39, 0.29) is 9.77 Å². The average molecular weight is 348 g/mol. The first-order chi connectivity index (χ1) is 11.0. The van der Waals surface area contributed by atoms with Gasteiger partial charge in [-0.15, -0.1) is 11.3 Å². The summed E-state index contributed by atoms with van der Waals surface area (Å²) in [5.74, 6) is -0.663. The summed E-state index contributed by atoms with van der Waals surface area (Å²) < 4.78 is 28.4. The van der Waals surface area contributed by atoms with E-state index >= 15 is 0 Å². The van der Waals surface area contributed by atoms with E-state index in [4.69, 9.17) is 5.21 Å². The van der Waals surface area contributed by atoms with E-state index in [1.165, 1.54) is 41.1 Å². The lowest BCUT2D eigenvalue weighted by atomic mass is 10.2. The molecule has 0 saturated carbocycles. The van der Waals surface area contributed by atoms with E-state index in [9.17, 15) is 13.2 Å². The van der Waals surface area contributed by atoms with Crippen LogP contribution in [0.3, 0.4) is 0 Å². The molecule has 3 aromatic rings. The van der Waals surface area contributed by atoms with Crippen molar-refractivity contribution < 1.29 is 18.4 Å². The van der Waals surface area contributed by atoms with Crippen molar-refractivity contribution in [3.8, 4) is 0 Å². The highest BCUT2D eigenvalue weighted by molar-refractivity contribution is 7.94. The van der Waals surface area contributed by atoms with Gasteiger partial charge < -0.3 is 0 Å². The summed E-state index contributed by atoms with van der Waals surface area (Å²) in [5, 5.41) is 9.42. The highest BCUT2D eigenvalue weighted by Crippen LogP contribution is 2.30. The van der Waals surface area contributed by atoms with Crippen LogP contribution < -0.4 is 10.2 Å². The number of carbonyl (C=O) groups excluding carboxylic acids is 1. The summed E-state index contributed by atoms with van der Waals surface area (Å²) >= 11 is 1.19. The number of benzene rings is 2. The summed E-state index contributed by atoms with van der Waals surface area (Å²) in [4.78, 5) is 11.2. The number of thiophene rings is 1. The van der Waals surface area contributed by atoms with Gasteiger partial charge in [-0.25, -0.2) is 13.9 Å². The van der Waals surface area contributed by atoms with Crippen LogP contribution in [0.15, 0.2) is 58.8 Å². The highest BCUT2D eigenvalue weighted by Gasteiger charge is 2.17. The number of fused-ring (bicyclic) bond motifs is 1. The van der Waals surface area contributed by atoms with Crippen LogP contribution in [0.1, 0.15) is 10.4 Å². The van der Waals surface area contributed by atoms with Crippen LogP contribution in [-0.4, -0.2) is 19.5 Å². The van der Waals surface area contributed by atoms with Gasteiger partial charge in [-0.3, -0.25) is 14.7 Å². The van der Waals surface area contributed by atoms with Gasteiger partial charge in [0.05, 0.1) is 0 Å². The molecule has 1 heterocycles. The summed E-state index contributed by atoms with van der Waals surface area (Å²) in [6.07, 6.45) is 0. The molecular formula is C15H12N2O4S2. The van der Waals surface area contributed by atoms with Crippen molar-refractivity contribution in [3.05, 3.63) is 60.2 Å². The van der Waals surface area contributed by atoms with Crippen LogP contribution in [0.2, 0.25) is 0 Å². The summed E-state index contributed by atoms with van der Waals surface area (Å²) in [6.45, 7) is 0. The Morgan fingerprint density at radius 1 is 1.04 bits per heavy atom. The molecule has 23 heavy (non-hydrogen) atoms. The smallest absolute Gasteiger partial charge is 0.274 e. The largest absolute Gasteiger partial charge is 0.288 e. The third-order valence-corrected chi connectivity index (χ3v) is 6.14. The summed E-state index contributed by atoms with van der Waals surface area (Å²) in [6, 6.07) is 14.8. The Morgan fingerprint density at radius 3 is 2.39 bits per heavy atom. The zero-order chi connectivity index (χ0) is 16.4. The average Bonchev–Trinajstić information content (AvgIpc) is 2.99. The maximum Gasteiger partial charge on any atom is 0.274 e. The Morgan fingerprint density at radius 2 is 1.74 bits per heavy atom. The van der Waals surface area contributed by atoms with Crippen molar-refractivity contribution in [2.75, 3.05) is 4.72 Å². The normalized spacial score (nSPS) is 11.3. The molecular weight excluding hydrogens is 336 g/mol. The lowest BCUT2D eigenvalue weighted by Crippen LogP contribution is -2.18. The maximum atomic E-state index is 12.4. The van der Waals surface area contributed by atoms with Crippen molar-refractivity contribution in [3.63, 3.8) is 0 Å². The number of carbonyl (C=O) groups is 1. The molecule has 6 nitrogen and oxygen atoms in total. The molecule has 1 aromatic heterocycles. The van der Waals surface area contributed by atoms with Crippen molar-refractivity contribution >= 4 is 43.0 Å². The molecule has 3 rings (SSSR count). The van der Waals surface area contributed by atoms with Crippen LogP contribution in [0, 0.1) is 0 Å². The van der Waals surface area contributed by atoms with Gasteiger partial charge in [0.2, 0.25) is 0 Å². The maximum absolute atomic E-state index is 12.4. The van der Waals surface area contributed by atoms with Crippen LogP contribution in [-0.2, 0) is 10.0 Å². The van der Waals surface area contributed by atoms with Gasteiger partial charge in [0.25, 0.3) is 15.9 Å². The minimum atomic E-state index is -3.70. The van der Waals surface area contributed by atoms with Gasteiger partial charge >= 0.3 is 0 Å². The zero-order valence-electron chi connectivity index (χ0n) is 11.7. The third-order valence-electron chi connectivity index (χ3n) is 3.17. The van der Waals surface area contributed by atoms with Crippen molar-refractivity contribution in [2.45, 2.75) is 4.21 Å². The lowest BCUT2D eigenvalue weighted by molar-refractivity contribution is 0.0706. The number of hydroxylamine groups is 1. The topological polar surface area (TPSA) is 95.5 Å². The number of amides is 1. The molecule has 0 radical (unpaired) electrons. The Bertz CT molecular complexity index is 930. The Hall–Kier alpha value is -2.42. The molecule has 1 amide bonds. The molecule has 0 bridgehead atoms. The molecule has 0 aliphatic carbocycles. The van der Waals surface area contributed by atoms with E-state index in [0.29, 0.717) is 5.69 Å². The van der Waals surface area contributed by atoms with Crippen molar-refractivity contribution in [1.82, 2.24) is 5.48 Å². The molecule has 0 unspecified atom stereocenters.